The van der Waals surface area contributed by atoms with Gasteiger partial charge in [0.25, 0.3) is 0 Å². The molecule has 0 amide bonds. The summed E-state index contributed by atoms with van der Waals surface area (Å²) in [7, 11) is 1.98. The van der Waals surface area contributed by atoms with E-state index < -0.39 is 0 Å². The van der Waals surface area contributed by atoms with E-state index in [1.807, 2.05) is 7.05 Å². The number of hydrogen-bond acceptors (Lipinski definition) is 6. The summed E-state index contributed by atoms with van der Waals surface area (Å²) in [4.78, 5) is 17.1. The minimum absolute atomic E-state index is 0.335. The summed E-state index contributed by atoms with van der Waals surface area (Å²) in [5.74, 6) is 1.58. The van der Waals surface area contributed by atoms with Crippen LogP contribution < -0.4 is 9.80 Å². The fourth-order valence-corrected chi connectivity index (χ4v) is 3.16. The Morgan fingerprint density at radius 1 is 1.26 bits per heavy atom. The second kappa shape index (κ2) is 6.80. The lowest BCUT2D eigenvalue weighted by Crippen LogP contribution is -2.44. The van der Waals surface area contributed by atoms with Gasteiger partial charge in [-0.05, 0) is 18.9 Å². The van der Waals surface area contributed by atoms with Gasteiger partial charge in [0.1, 0.15) is 22.7 Å². The first-order chi connectivity index (χ1) is 11.2. The van der Waals surface area contributed by atoms with E-state index in [2.05, 4.69) is 30.8 Å². The molecule has 23 heavy (non-hydrogen) atoms. The van der Waals surface area contributed by atoms with Crippen molar-refractivity contribution in [2.24, 2.45) is 0 Å². The molecule has 1 saturated heterocycles. The molecule has 0 atom stereocenters. The topological polar surface area (TPSA) is 68.9 Å². The van der Waals surface area contributed by atoms with E-state index in [0.717, 1.165) is 31.7 Å². The maximum absolute atomic E-state index is 9.10. The van der Waals surface area contributed by atoms with Crippen LogP contribution in [0.25, 0.3) is 0 Å². The lowest BCUT2D eigenvalue weighted by Gasteiger charge is -2.37. The van der Waals surface area contributed by atoms with Crippen molar-refractivity contribution in [1.29, 1.82) is 5.26 Å². The molecule has 0 radical (unpaired) electrons. The molecule has 0 N–H and O–H groups in total. The van der Waals surface area contributed by atoms with Gasteiger partial charge in [-0.25, -0.2) is 9.97 Å². The highest BCUT2D eigenvalue weighted by Gasteiger charge is 2.25. The van der Waals surface area contributed by atoms with Crippen LogP contribution >= 0.6 is 11.6 Å². The minimum atomic E-state index is 0.335. The van der Waals surface area contributed by atoms with Crippen LogP contribution in [0, 0.1) is 11.3 Å². The number of nitrogens with zero attached hydrogens (tertiary/aromatic N) is 6. The highest BCUT2D eigenvalue weighted by molar-refractivity contribution is 6.34. The highest BCUT2D eigenvalue weighted by atomic mass is 35.5. The van der Waals surface area contributed by atoms with Crippen molar-refractivity contribution in [3.05, 3.63) is 41.4 Å². The summed E-state index contributed by atoms with van der Waals surface area (Å²) in [6.07, 6.45) is 8.76. The van der Waals surface area contributed by atoms with Gasteiger partial charge in [0, 0.05) is 44.8 Å². The smallest absolute Gasteiger partial charge is 0.148 e. The van der Waals surface area contributed by atoms with Gasteiger partial charge >= 0.3 is 0 Å². The van der Waals surface area contributed by atoms with Crippen molar-refractivity contribution < 1.29 is 0 Å². The number of nitriles is 1. The molecule has 0 spiro atoms. The maximum atomic E-state index is 9.10. The van der Waals surface area contributed by atoms with E-state index in [1.54, 1.807) is 30.9 Å². The summed E-state index contributed by atoms with van der Waals surface area (Å²) in [5, 5.41) is 9.52. The predicted molar refractivity (Wildman–Crippen MR) is 89.6 cm³/mol. The predicted octanol–water partition coefficient (Wildman–Crippen LogP) is 2.50. The van der Waals surface area contributed by atoms with Crippen LogP contribution in [-0.4, -0.2) is 41.1 Å². The van der Waals surface area contributed by atoms with Crippen molar-refractivity contribution in [3.63, 3.8) is 0 Å². The summed E-state index contributed by atoms with van der Waals surface area (Å²) in [6, 6.07) is 4.07. The van der Waals surface area contributed by atoms with Gasteiger partial charge in [0.15, 0.2) is 0 Å². The first-order valence-corrected chi connectivity index (χ1v) is 7.87. The lowest BCUT2D eigenvalue weighted by atomic mass is 10.0. The molecule has 0 bridgehead atoms. The fourth-order valence-electron chi connectivity index (χ4n) is 2.87. The largest absolute Gasteiger partial charge is 0.355 e. The number of halogens is 1. The van der Waals surface area contributed by atoms with Gasteiger partial charge in [-0.1, -0.05) is 11.6 Å². The van der Waals surface area contributed by atoms with E-state index in [4.69, 9.17) is 16.9 Å². The molecule has 6 nitrogen and oxygen atoms in total. The Hall–Kier alpha value is -2.39. The first-order valence-electron chi connectivity index (χ1n) is 7.49. The third-order valence-electron chi connectivity index (χ3n) is 4.21. The summed E-state index contributed by atoms with van der Waals surface area (Å²) < 4.78 is 0. The monoisotopic (exact) mass is 328 g/mol. The molecular weight excluding hydrogens is 312 g/mol. The molecule has 118 valence electrons. The van der Waals surface area contributed by atoms with Crippen molar-refractivity contribution in [2.45, 2.75) is 18.9 Å². The molecule has 0 unspecified atom stereocenters. The molecular formula is C16H17ClN6. The SMILES string of the molecule is CN(c1nccc(C#N)c1Cl)C1CCN(c2cnccn2)CC1. The molecule has 3 heterocycles. The van der Waals surface area contributed by atoms with E-state index in [0.29, 0.717) is 22.4 Å². The second-order valence-corrected chi connectivity index (χ2v) is 5.88. The van der Waals surface area contributed by atoms with E-state index in [9.17, 15) is 0 Å². The zero-order valence-electron chi connectivity index (χ0n) is 12.9. The Balaban J connectivity index is 1.69. The van der Waals surface area contributed by atoms with Crippen LogP contribution in [0.5, 0.6) is 0 Å². The highest BCUT2D eigenvalue weighted by Crippen LogP contribution is 2.29. The van der Waals surface area contributed by atoms with Gasteiger partial charge in [-0.15, -0.1) is 0 Å². The summed E-state index contributed by atoms with van der Waals surface area (Å²) >= 11 is 6.29. The van der Waals surface area contributed by atoms with Crippen LogP contribution in [0.3, 0.4) is 0 Å². The van der Waals surface area contributed by atoms with E-state index in [1.165, 1.54) is 0 Å². The van der Waals surface area contributed by atoms with Crippen LogP contribution in [0.15, 0.2) is 30.9 Å². The van der Waals surface area contributed by atoms with Crippen LogP contribution in [0.2, 0.25) is 5.02 Å². The average molecular weight is 329 g/mol. The number of aromatic nitrogens is 3. The Kier molecular flexibility index (Phi) is 4.58. The van der Waals surface area contributed by atoms with Gasteiger partial charge in [0.2, 0.25) is 0 Å². The van der Waals surface area contributed by atoms with Crippen LogP contribution in [-0.2, 0) is 0 Å². The normalized spacial score (nSPS) is 15.3. The maximum Gasteiger partial charge on any atom is 0.148 e. The quantitative estimate of drug-likeness (QED) is 0.862. The van der Waals surface area contributed by atoms with E-state index in [-0.39, 0.29) is 0 Å². The van der Waals surface area contributed by atoms with Gasteiger partial charge in [-0.2, -0.15) is 5.26 Å². The standard InChI is InChI=1S/C16H17ClN6/c1-22(16-15(17)12(10-18)2-5-21-16)13-3-8-23(9-4-13)14-11-19-6-7-20-14/h2,5-7,11,13H,3-4,8-9H2,1H3. The molecule has 0 aliphatic carbocycles. The van der Waals surface area contributed by atoms with Gasteiger partial charge in [0.05, 0.1) is 11.8 Å². The van der Waals surface area contributed by atoms with Crippen LogP contribution in [0.4, 0.5) is 11.6 Å². The molecule has 3 rings (SSSR count). The van der Waals surface area contributed by atoms with Crippen molar-refractivity contribution in [3.8, 4) is 6.07 Å². The molecule has 1 fully saturated rings. The second-order valence-electron chi connectivity index (χ2n) is 5.50. The number of piperidine rings is 1. The zero-order chi connectivity index (χ0) is 16.2. The van der Waals surface area contributed by atoms with Crippen molar-refractivity contribution in [2.75, 3.05) is 29.9 Å². The minimum Gasteiger partial charge on any atom is -0.355 e. The third kappa shape index (κ3) is 3.20. The Morgan fingerprint density at radius 3 is 2.70 bits per heavy atom. The average Bonchev–Trinajstić information content (AvgIpc) is 2.62. The molecule has 1 aliphatic heterocycles. The molecule has 7 heteroatoms. The van der Waals surface area contributed by atoms with Crippen molar-refractivity contribution in [1.82, 2.24) is 15.0 Å². The van der Waals surface area contributed by atoms with E-state index >= 15 is 0 Å². The summed E-state index contributed by atoms with van der Waals surface area (Å²) in [5.41, 5.74) is 0.459. The third-order valence-corrected chi connectivity index (χ3v) is 4.58. The number of pyridine rings is 1. The lowest BCUT2D eigenvalue weighted by molar-refractivity contribution is 0.478. The summed E-state index contributed by atoms with van der Waals surface area (Å²) in [6.45, 7) is 1.81. The number of rotatable bonds is 3. The fraction of sp³-hybridized carbons (Fsp3) is 0.375. The molecule has 2 aromatic heterocycles. The van der Waals surface area contributed by atoms with Gasteiger partial charge < -0.3 is 9.80 Å². The van der Waals surface area contributed by atoms with Crippen LogP contribution in [0.1, 0.15) is 18.4 Å². The Bertz CT molecular complexity index is 706. The molecule has 1 aliphatic rings. The Morgan fingerprint density at radius 2 is 2.04 bits per heavy atom. The number of anilines is 2. The molecule has 0 aromatic carbocycles. The van der Waals surface area contributed by atoms with Crippen molar-refractivity contribution >= 4 is 23.2 Å². The zero-order valence-corrected chi connectivity index (χ0v) is 13.6. The molecule has 2 aromatic rings. The first kappa shape index (κ1) is 15.5. The molecule has 0 saturated carbocycles. The van der Waals surface area contributed by atoms with Gasteiger partial charge in [-0.3, -0.25) is 4.98 Å². The number of hydrogen-bond donors (Lipinski definition) is 0. The Labute approximate surface area is 140 Å².